The zero-order valence-corrected chi connectivity index (χ0v) is 12.1. The molecule has 1 saturated carbocycles. The first-order valence-electron chi connectivity index (χ1n) is 7.51. The van der Waals surface area contributed by atoms with E-state index in [1.165, 1.54) is 0 Å². The van der Waals surface area contributed by atoms with Crippen molar-refractivity contribution in [3.63, 3.8) is 0 Å². The maximum Gasteiger partial charge on any atom is 0.307 e. The molecule has 0 aromatic carbocycles. The molecular formula is C14H23N3O4. The van der Waals surface area contributed by atoms with Crippen LogP contribution < -0.4 is 11.1 Å². The molecule has 2 aliphatic rings. The van der Waals surface area contributed by atoms with Gasteiger partial charge in [-0.1, -0.05) is 6.42 Å². The van der Waals surface area contributed by atoms with Gasteiger partial charge < -0.3 is 16.2 Å². The van der Waals surface area contributed by atoms with E-state index in [1.54, 1.807) is 0 Å². The number of carboxylic acid groups (broad SMARTS) is 1. The van der Waals surface area contributed by atoms with Gasteiger partial charge in [0, 0.05) is 19.1 Å². The number of hydrogen-bond acceptors (Lipinski definition) is 4. The van der Waals surface area contributed by atoms with Gasteiger partial charge in [-0.3, -0.25) is 19.3 Å². The van der Waals surface area contributed by atoms with E-state index in [2.05, 4.69) is 5.32 Å². The average Bonchev–Trinajstić information content (AvgIpc) is 2.90. The second-order valence-electron chi connectivity index (χ2n) is 6.01. The Balaban J connectivity index is 1.79. The van der Waals surface area contributed by atoms with E-state index in [-0.39, 0.29) is 24.4 Å². The molecule has 0 spiro atoms. The molecule has 4 N–H and O–H groups in total. The number of amides is 2. The Kier molecular flexibility index (Phi) is 5.17. The Labute approximate surface area is 123 Å². The highest BCUT2D eigenvalue weighted by Crippen LogP contribution is 2.32. The van der Waals surface area contributed by atoms with E-state index in [9.17, 15) is 14.4 Å². The summed E-state index contributed by atoms with van der Waals surface area (Å²) < 4.78 is 0. The number of carboxylic acids is 1. The van der Waals surface area contributed by atoms with Crippen LogP contribution in [-0.2, 0) is 14.4 Å². The molecule has 0 radical (unpaired) electrons. The highest BCUT2D eigenvalue weighted by Gasteiger charge is 2.38. The summed E-state index contributed by atoms with van der Waals surface area (Å²) in [5.74, 6) is -2.28. The molecular weight excluding hydrogens is 274 g/mol. The summed E-state index contributed by atoms with van der Waals surface area (Å²) in [4.78, 5) is 36.2. The molecule has 2 amide bonds. The molecule has 0 aromatic rings. The Bertz CT molecular complexity index is 418. The van der Waals surface area contributed by atoms with Crippen LogP contribution in [0.25, 0.3) is 0 Å². The number of nitrogens with two attached hydrogens (primary N) is 1. The van der Waals surface area contributed by atoms with Gasteiger partial charge in [0.2, 0.25) is 11.8 Å². The van der Waals surface area contributed by atoms with Gasteiger partial charge in [-0.2, -0.15) is 0 Å². The zero-order chi connectivity index (χ0) is 15.4. The molecule has 1 saturated heterocycles. The highest BCUT2D eigenvalue weighted by molar-refractivity contribution is 5.85. The highest BCUT2D eigenvalue weighted by atomic mass is 16.4. The third-order valence-corrected chi connectivity index (χ3v) is 4.48. The topological polar surface area (TPSA) is 113 Å². The summed E-state index contributed by atoms with van der Waals surface area (Å²) in [7, 11) is 0. The zero-order valence-electron chi connectivity index (χ0n) is 12.1. The van der Waals surface area contributed by atoms with Gasteiger partial charge in [0.25, 0.3) is 0 Å². The Morgan fingerprint density at radius 2 is 1.71 bits per heavy atom. The number of piperidine rings is 1. The minimum absolute atomic E-state index is 0.0664. The minimum Gasteiger partial charge on any atom is -0.481 e. The van der Waals surface area contributed by atoms with Crippen LogP contribution in [0.2, 0.25) is 0 Å². The summed E-state index contributed by atoms with van der Waals surface area (Å²) in [5, 5.41) is 12.1. The Morgan fingerprint density at radius 3 is 2.29 bits per heavy atom. The number of aliphatic carboxylic acids is 1. The quantitative estimate of drug-likeness (QED) is 0.636. The van der Waals surface area contributed by atoms with E-state index in [1.807, 2.05) is 4.90 Å². The van der Waals surface area contributed by atoms with Crippen molar-refractivity contribution in [1.82, 2.24) is 10.2 Å². The number of carbonyl (C=O) groups is 3. The van der Waals surface area contributed by atoms with E-state index < -0.39 is 17.8 Å². The smallest absolute Gasteiger partial charge is 0.307 e. The summed E-state index contributed by atoms with van der Waals surface area (Å²) in [6.07, 6.45) is 3.58. The van der Waals surface area contributed by atoms with Gasteiger partial charge in [0.15, 0.2) is 0 Å². The lowest BCUT2D eigenvalue weighted by molar-refractivity contribution is -0.146. The predicted molar refractivity (Wildman–Crippen MR) is 75.3 cm³/mol. The second kappa shape index (κ2) is 6.89. The largest absolute Gasteiger partial charge is 0.481 e. The SMILES string of the molecule is NC(=O)CN1CCC(NC(=O)C2CCCC2C(=O)O)CC1. The maximum atomic E-state index is 12.2. The van der Waals surface area contributed by atoms with E-state index >= 15 is 0 Å². The molecule has 7 heteroatoms. The minimum atomic E-state index is -0.871. The van der Waals surface area contributed by atoms with Crippen molar-refractivity contribution in [3.05, 3.63) is 0 Å². The molecule has 2 fully saturated rings. The number of likely N-dealkylation sites (tertiary alicyclic amines) is 1. The van der Waals surface area contributed by atoms with Crippen LogP contribution in [0.3, 0.4) is 0 Å². The third-order valence-electron chi connectivity index (χ3n) is 4.48. The molecule has 2 unspecified atom stereocenters. The molecule has 1 heterocycles. The first-order valence-corrected chi connectivity index (χ1v) is 7.51. The van der Waals surface area contributed by atoms with Crippen LogP contribution in [0, 0.1) is 11.8 Å². The number of carbonyl (C=O) groups excluding carboxylic acids is 2. The number of nitrogens with one attached hydrogen (secondary N) is 1. The third kappa shape index (κ3) is 4.17. The Morgan fingerprint density at radius 1 is 1.10 bits per heavy atom. The van der Waals surface area contributed by atoms with Crippen molar-refractivity contribution >= 4 is 17.8 Å². The van der Waals surface area contributed by atoms with Crippen molar-refractivity contribution in [2.75, 3.05) is 19.6 Å². The average molecular weight is 297 g/mol. The van der Waals surface area contributed by atoms with E-state index in [0.717, 1.165) is 32.4 Å². The first-order chi connectivity index (χ1) is 9.97. The van der Waals surface area contributed by atoms with Gasteiger partial charge in [-0.15, -0.1) is 0 Å². The molecule has 1 aliphatic carbocycles. The van der Waals surface area contributed by atoms with Crippen LogP contribution in [0.5, 0.6) is 0 Å². The number of nitrogens with zero attached hydrogens (tertiary/aromatic N) is 1. The van der Waals surface area contributed by atoms with E-state index in [0.29, 0.717) is 12.8 Å². The predicted octanol–water partition coefficient (Wildman–Crippen LogP) is -0.447. The van der Waals surface area contributed by atoms with Gasteiger partial charge >= 0.3 is 5.97 Å². The molecule has 2 rings (SSSR count). The summed E-state index contributed by atoms with van der Waals surface area (Å²) >= 11 is 0. The fraction of sp³-hybridized carbons (Fsp3) is 0.786. The van der Waals surface area contributed by atoms with Crippen molar-refractivity contribution in [1.29, 1.82) is 0 Å². The Hall–Kier alpha value is -1.63. The number of hydrogen-bond donors (Lipinski definition) is 3. The summed E-state index contributed by atoms with van der Waals surface area (Å²) in [6, 6.07) is 0.0664. The maximum absolute atomic E-state index is 12.2. The molecule has 118 valence electrons. The van der Waals surface area contributed by atoms with Gasteiger partial charge in [0.1, 0.15) is 0 Å². The van der Waals surface area contributed by atoms with Gasteiger partial charge in [-0.05, 0) is 25.7 Å². The van der Waals surface area contributed by atoms with E-state index in [4.69, 9.17) is 10.8 Å². The molecule has 0 bridgehead atoms. The lowest BCUT2D eigenvalue weighted by Gasteiger charge is -2.32. The molecule has 0 aromatic heterocycles. The fourth-order valence-corrected chi connectivity index (χ4v) is 3.33. The summed E-state index contributed by atoms with van der Waals surface area (Å²) in [6.45, 7) is 1.70. The second-order valence-corrected chi connectivity index (χ2v) is 6.01. The van der Waals surface area contributed by atoms with Crippen molar-refractivity contribution in [3.8, 4) is 0 Å². The molecule has 1 aliphatic heterocycles. The molecule has 2 atom stereocenters. The molecule has 7 nitrogen and oxygen atoms in total. The lowest BCUT2D eigenvalue weighted by atomic mass is 9.94. The normalized spacial score (nSPS) is 27.4. The number of rotatable bonds is 5. The molecule has 21 heavy (non-hydrogen) atoms. The van der Waals surface area contributed by atoms with Crippen molar-refractivity contribution in [2.24, 2.45) is 17.6 Å². The van der Waals surface area contributed by atoms with Crippen LogP contribution >= 0.6 is 0 Å². The number of primary amides is 1. The van der Waals surface area contributed by atoms with Crippen LogP contribution in [0.15, 0.2) is 0 Å². The lowest BCUT2D eigenvalue weighted by Crippen LogP contribution is -2.48. The van der Waals surface area contributed by atoms with Gasteiger partial charge in [0.05, 0.1) is 18.4 Å². The van der Waals surface area contributed by atoms with Crippen LogP contribution in [0.1, 0.15) is 32.1 Å². The summed E-state index contributed by atoms with van der Waals surface area (Å²) in [5.41, 5.74) is 5.16. The first kappa shape index (κ1) is 15.8. The standard InChI is InChI=1S/C14H23N3O4/c15-12(18)8-17-6-4-9(5-7-17)16-13(19)10-2-1-3-11(10)14(20)21/h9-11H,1-8H2,(H2,15,18)(H,16,19)(H,20,21). The van der Waals surface area contributed by atoms with Crippen molar-refractivity contribution < 1.29 is 19.5 Å². The fourth-order valence-electron chi connectivity index (χ4n) is 3.33. The van der Waals surface area contributed by atoms with Crippen LogP contribution in [0.4, 0.5) is 0 Å². The van der Waals surface area contributed by atoms with Crippen molar-refractivity contribution in [2.45, 2.75) is 38.1 Å². The van der Waals surface area contributed by atoms with Crippen LogP contribution in [-0.4, -0.2) is 53.5 Å². The monoisotopic (exact) mass is 297 g/mol. The van der Waals surface area contributed by atoms with Gasteiger partial charge in [-0.25, -0.2) is 0 Å².